The van der Waals surface area contributed by atoms with Crippen LogP contribution in [-0.2, 0) is 25.5 Å². The highest BCUT2D eigenvalue weighted by Crippen LogP contribution is 2.50. The molecule has 1 amide bonds. The first-order valence-corrected chi connectivity index (χ1v) is 15.7. The average molecular weight is 534 g/mol. The molecule has 10 heteroatoms. The summed E-state index contributed by atoms with van der Waals surface area (Å²) in [7, 11) is -7.24. The van der Waals surface area contributed by atoms with Gasteiger partial charge in [0.25, 0.3) is 5.91 Å². The minimum absolute atomic E-state index is 0.0503. The molecule has 196 valence electrons. The van der Waals surface area contributed by atoms with Crippen LogP contribution in [0, 0.1) is 0 Å². The Labute approximate surface area is 214 Å². The van der Waals surface area contributed by atoms with Crippen molar-refractivity contribution >= 4 is 37.3 Å². The molecule has 2 aliphatic rings. The number of anilines is 2. The lowest BCUT2D eigenvalue weighted by atomic mass is 9.70. The maximum atomic E-state index is 13.8. The van der Waals surface area contributed by atoms with Crippen molar-refractivity contribution in [3.05, 3.63) is 53.6 Å². The summed E-state index contributed by atoms with van der Waals surface area (Å²) >= 11 is 0. The second-order valence-corrected chi connectivity index (χ2v) is 14.1. The van der Waals surface area contributed by atoms with Crippen LogP contribution in [0.1, 0.15) is 75.2 Å². The number of carbonyl (C=O) groups is 1. The third-order valence-corrected chi connectivity index (χ3v) is 9.67. The van der Waals surface area contributed by atoms with Crippen molar-refractivity contribution in [2.75, 3.05) is 22.4 Å². The van der Waals surface area contributed by atoms with Gasteiger partial charge in [-0.15, -0.1) is 0 Å². The Morgan fingerprint density at radius 3 is 2.36 bits per heavy atom. The van der Waals surface area contributed by atoms with Gasteiger partial charge in [0.05, 0.1) is 11.2 Å². The molecule has 0 aromatic heterocycles. The van der Waals surface area contributed by atoms with Crippen molar-refractivity contribution in [2.45, 2.75) is 75.1 Å². The van der Waals surface area contributed by atoms with Crippen molar-refractivity contribution in [2.24, 2.45) is 0 Å². The Hall–Kier alpha value is -2.43. The van der Waals surface area contributed by atoms with E-state index in [-0.39, 0.29) is 16.2 Å². The number of nitrogens with zero attached hydrogens (tertiary/aromatic N) is 1. The highest BCUT2D eigenvalue weighted by Gasteiger charge is 2.45. The Morgan fingerprint density at radius 2 is 1.72 bits per heavy atom. The summed E-state index contributed by atoms with van der Waals surface area (Å²) in [6.45, 7) is 6.03. The lowest BCUT2D eigenvalue weighted by Crippen LogP contribution is -2.42. The molecule has 1 heterocycles. The van der Waals surface area contributed by atoms with Gasteiger partial charge >= 0.3 is 0 Å². The quantitative estimate of drug-likeness (QED) is 0.548. The predicted molar refractivity (Wildman–Crippen MR) is 142 cm³/mol. The molecule has 1 spiro atoms. The molecule has 1 aliphatic heterocycles. The minimum Gasteiger partial charge on any atom is -0.307 e. The number of hydrogen-bond donors (Lipinski definition) is 2. The molecule has 36 heavy (non-hydrogen) atoms. The van der Waals surface area contributed by atoms with Crippen LogP contribution < -0.4 is 14.3 Å². The van der Waals surface area contributed by atoms with E-state index in [2.05, 4.69) is 9.44 Å². The Balaban J connectivity index is 1.71. The third-order valence-electron chi connectivity index (χ3n) is 7.36. The summed E-state index contributed by atoms with van der Waals surface area (Å²) in [4.78, 5) is 15.5. The lowest BCUT2D eigenvalue weighted by molar-refractivity contribution is 0.0982. The van der Waals surface area contributed by atoms with E-state index in [4.69, 9.17) is 0 Å². The molecule has 2 aromatic carbocycles. The molecule has 4 rings (SSSR count). The predicted octanol–water partition coefficient (Wildman–Crippen LogP) is 4.39. The number of hydrogen-bond acceptors (Lipinski definition) is 5. The summed E-state index contributed by atoms with van der Waals surface area (Å²) < 4.78 is 54.9. The van der Waals surface area contributed by atoms with Crippen LogP contribution in [0.5, 0.6) is 0 Å². The summed E-state index contributed by atoms with van der Waals surface area (Å²) in [6.07, 6.45) is 6.77. The van der Waals surface area contributed by atoms with E-state index in [0.29, 0.717) is 24.2 Å². The summed E-state index contributed by atoms with van der Waals surface area (Å²) in [6, 6.07) is 11.5. The zero-order valence-electron chi connectivity index (χ0n) is 21.3. The Kier molecular flexibility index (Phi) is 7.00. The van der Waals surface area contributed by atoms with Crippen molar-refractivity contribution in [3.8, 4) is 0 Å². The molecule has 0 unspecified atom stereocenters. The third kappa shape index (κ3) is 5.45. The first-order chi connectivity index (χ1) is 16.8. The van der Waals surface area contributed by atoms with Crippen molar-refractivity contribution in [1.29, 1.82) is 0 Å². The number of benzene rings is 2. The standard InChI is InChI=1S/C26H35N3O5S2/c1-5-25(2,3)28-36(33,34)21-11-9-10-19(16-21)24(30)29-18-26(14-7-6-8-15-26)22-17-20(12-13-23(22)29)27-35(4,31)32/h9-13,16-17,27-28H,5-8,14-15,18H2,1-4H3. The normalized spacial score (nSPS) is 17.7. The van der Waals surface area contributed by atoms with E-state index in [0.717, 1.165) is 49.6 Å². The first kappa shape index (κ1) is 26.6. The topological polar surface area (TPSA) is 113 Å². The summed E-state index contributed by atoms with van der Waals surface area (Å²) in [5.41, 5.74) is 1.64. The lowest BCUT2D eigenvalue weighted by Gasteiger charge is -2.34. The summed E-state index contributed by atoms with van der Waals surface area (Å²) in [5, 5.41) is 0. The SMILES string of the molecule is CCC(C)(C)NS(=O)(=O)c1cccc(C(=O)N2CC3(CCCCC3)c3cc(NS(C)(=O)=O)ccc32)c1. The van der Waals surface area contributed by atoms with E-state index in [1.807, 2.05) is 26.8 Å². The van der Waals surface area contributed by atoms with Crippen molar-refractivity contribution in [3.63, 3.8) is 0 Å². The summed E-state index contributed by atoms with van der Waals surface area (Å²) in [5.74, 6) is -0.269. The van der Waals surface area contributed by atoms with Gasteiger partial charge in [0.1, 0.15) is 0 Å². The van der Waals surface area contributed by atoms with Crippen LogP contribution in [0.15, 0.2) is 47.4 Å². The highest BCUT2D eigenvalue weighted by atomic mass is 32.2. The fourth-order valence-electron chi connectivity index (χ4n) is 5.23. The molecular formula is C26H35N3O5S2. The van der Waals surface area contributed by atoms with Gasteiger partial charge in [-0.25, -0.2) is 21.6 Å². The highest BCUT2D eigenvalue weighted by molar-refractivity contribution is 7.92. The number of sulfonamides is 2. The van der Waals surface area contributed by atoms with Gasteiger partial charge in [0, 0.05) is 34.4 Å². The van der Waals surface area contributed by atoms with Gasteiger partial charge in [0.2, 0.25) is 20.0 Å². The average Bonchev–Trinajstić information content (AvgIpc) is 3.10. The minimum atomic E-state index is -3.81. The molecule has 1 fully saturated rings. The Bertz CT molecular complexity index is 1380. The molecule has 2 N–H and O–H groups in total. The molecule has 1 saturated carbocycles. The molecule has 8 nitrogen and oxygen atoms in total. The van der Waals surface area contributed by atoms with Gasteiger partial charge in [-0.05, 0) is 75.1 Å². The molecule has 0 saturated heterocycles. The fourth-order valence-corrected chi connectivity index (χ4v) is 7.32. The number of nitrogens with one attached hydrogen (secondary N) is 2. The molecular weight excluding hydrogens is 498 g/mol. The van der Waals surface area contributed by atoms with Gasteiger partial charge in [-0.3, -0.25) is 9.52 Å². The second kappa shape index (κ2) is 9.46. The van der Waals surface area contributed by atoms with Crippen LogP contribution in [0.25, 0.3) is 0 Å². The monoisotopic (exact) mass is 533 g/mol. The van der Waals surface area contributed by atoms with Gasteiger partial charge in [0.15, 0.2) is 0 Å². The first-order valence-electron chi connectivity index (χ1n) is 12.3. The Morgan fingerprint density at radius 1 is 1.03 bits per heavy atom. The zero-order chi connectivity index (χ0) is 26.4. The number of fused-ring (bicyclic) bond motifs is 2. The molecule has 1 aliphatic carbocycles. The van der Waals surface area contributed by atoms with Crippen LogP contribution >= 0.6 is 0 Å². The number of amides is 1. The zero-order valence-corrected chi connectivity index (χ0v) is 22.9. The van der Waals surface area contributed by atoms with Gasteiger partial charge in [-0.2, -0.15) is 0 Å². The van der Waals surface area contributed by atoms with Crippen molar-refractivity contribution < 1.29 is 21.6 Å². The van der Waals surface area contributed by atoms with E-state index >= 15 is 0 Å². The fraction of sp³-hybridized carbons (Fsp3) is 0.500. The van der Waals surface area contributed by atoms with E-state index < -0.39 is 25.6 Å². The second-order valence-electron chi connectivity index (χ2n) is 10.7. The van der Waals surface area contributed by atoms with Crippen LogP contribution in [0.4, 0.5) is 11.4 Å². The van der Waals surface area contributed by atoms with Gasteiger partial charge < -0.3 is 4.90 Å². The number of rotatable bonds is 7. The largest absolute Gasteiger partial charge is 0.307 e. The van der Waals surface area contributed by atoms with Crippen LogP contribution in [0.3, 0.4) is 0 Å². The van der Waals surface area contributed by atoms with Gasteiger partial charge in [-0.1, -0.05) is 32.3 Å². The molecule has 0 radical (unpaired) electrons. The number of carbonyl (C=O) groups excluding carboxylic acids is 1. The molecule has 0 atom stereocenters. The van der Waals surface area contributed by atoms with Crippen LogP contribution in [-0.4, -0.2) is 41.1 Å². The molecule has 2 aromatic rings. The maximum Gasteiger partial charge on any atom is 0.258 e. The van der Waals surface area contributed by atoms with E-state index in [9.17, 15) is 21.6 Å². The van der Waals surface area contributed by atoms with E-state index in [1.54, 1.807) is 29.2 Å². The van der Waals surface area contributed by atoms with Crippen molar-refractivity contribution in [1.82, 2.24) is 4.72 Å². The van der Waals surface area contributed by atoms with Crippen LogP contribution in [0.2, 0.25) is 0 Å². The molecule has 0 bridgehead atoms. The smallest absolute Gasteiger partial charge is 0.258 e. The van der Waals surface area contributed by atoms with E-state index in [1.165, 1.54) is 12.1 Å². The maximum absolute atomic E-state index is 13.8.